The van der Waals surface area contributed by atoms with Crippen LogP contribution in [0.3, 0.4) is 0 Å². The second kappa shape index (κ2) is 11.1. The van der Waals surface area contributed by atoms with Gasteiger partial charge in [-0.25, -0.2) is 4.79 Å². The highest BCUT2D eigenvalue weighted by Gasteiger charge is 2.46. The number of carbonyl (C=O) groups excluding carboxylic acids is 2. The summed E-state index contributed by atoms with van der Waals surface area (Å²) in [4.78, 5) is 25.1. The van der Waals surface area contributed by atoms with Gasteiger partial charge in [0.25, 0.3) is 0 Å². The van der Waals surface area contributed by atoms with Crippen molar-refractivity contribution in [1.29, 1.82) is 0 Å². The molecule has 2 fully saturated rings. The molecular formula is C27H32ClN3O5. The lowest BCUT2D eigenvalue weighted by Gasteiger charge is -2.37. The molecule has 0 radical (unpaired) electrons. The molecule has 4 atom stereocenters. The van der Waals surface area contributed by atoms with Crippen LogP contribution in [0.1, 0.15) is 55.6 Å². The lowest BCUT2D eigenvalue weighted by molar-refractivity contribution is -0.142. The van der Waals surface area contributed by atoms with Crippen molar-refractivity contribution in [3.05, 3.63) is 58.6 Å². The number of amides is 3. The van der Waals surface area contributed by atoms with Crippen molar-refractivity contribution in [3.8, 4) is 5.75 Å². The van der Waals surface area contributed by atoms with E-state index in [1.165, 1.54) is 0 Å². The highest BCUT2D eigenvalue weighted by Crippen LogP contribution is 2.47. The van der Waals surface area contributed by atoms with Gasteiger partial charge in [0, 0.05) is 34.8 Å². The second-order valence-corrected chi connectivity index (χ2v) is 10.3. The average molecular weight is 514 g/mol. The van der Waals surface area contributed by atoms with Gasteiger partial charge in [0.2, 0.25) is 5.91 Å². The lowest BCUT2D eigenvalue weighted by atomic mass is 9.84. The fraction of sp³-hybridized carbons (Fsp3) is 0.481. The number of urea groups is 1. The molecule has 2 aromatic carbocycles. The molecule has 5 rings (SSSR count). The number of nitrogens with one attached hydrogen (secondary N) is 3. The van der Waals surface area contributed by atoms with Crippen LogP contribution in [0.2, 0.25) is 5.02 Å². The Labute approximate surface area is 215 Å². The molecule has 1 saturated heterocycles. The first-order valence-electron chi connectivity index (χ1n) is 12.6. The number of halogens is 1. The molecule has 4 N–H and O–H groups in total. The molecule has 1 saturated carbocycles. The molecule has 2 aliphatic heterocycles. The third-order valence-corrected chi connectivity index (χ3v) is 7.52. The molecule has 1 aliphatic carbocycles. The van der Waals surface area contributed by atoms with Crippen molar-refractivity contribution in [1.82, 2.24) is 10.6 Å². The minimum Gasteiger partial charge on any atom is -0.487 e. The largest absolute Gasteiger partial charge is 0.487 e. The lowest BCUT2D eigenvalue weighted by Crippen LogP contribution is -2.47. The third kappa shape index (κ3) is 5.77. The van der Waals surface area contributed by atoms with E-state index < -0.39 is 6.10 Å². The Morgan fingerprint density at radius 3 is 2.61 bits per heavy atom. The number of ether oxygens (including phenoxy) is 2. The molecule has 36 heavy (non-hydrogen) atoms. The van der Waals surface area contributed by atoms with Crippen LogP contribution in [-0.2, 0) is 16.1 Å². The quantitative estimate of drug-likeness (QED) is 0.445. The molecule has 0 bridgehead atoms. The van der Waals surface area contributed by atoms with E-state index in [2.05, 4.69) is 16.0 Å². The predicted molar refractivity (Wildman–Crippen MR) is 136 cm³/mol. The fourth-order valence-corrected chi connectivity index (χ4v) is 5.60. The van der Waals surface area contributed by atoms with Gasteiger partial charge in [0.15, 0.2) is 0 Å². The van der Waals surface area contributed by atoms with Gasteiger partial charge in [-0.1, -0.05) is 36.6 Å². The SMILES string of the molecule is O=C(C[C@H]1C[C@@H]2c3cc(NC(=O)NC4CCCC4)ccc3O[C@@H]2[C@H](CO)O1)NCc1ccc(Cl)cc1. The maximum absolute atomic E-state index is 12.6. The zero-order valence-electron chi connectivity index (χ0n) is 20.0. The van der Waals surface area contributed by atoms with E-state index >= 15 is 0 Å². The Morgan fingerprint density at radius 1 is 1.08 bits per heavy atom. The Balaban J connectivity index is 1.21. The van der Waals surface area contributed by atoms with Crippen molar-refractivity contribution >= 4 is 29.2 Å². The first kappa shape index (κ1) is 24.9. The summed E-state index contributed by atoms with van der Waals surface area (Å²) in [5, 5.41) is 19.5. The van der Waals surface area contributed by atoms with Gasteiger partial charge in [-0.15, -0.1) is 0 Å². The summed E-state index contributed by atoms with van der Waals surface area (Å²) in [6.45, 7) is 0.203. The molecule has 8 nitrogen and oxygen atoms in total. The topological polar surface area (TPSA) is 109 Å². The monoisotopic (exact) mass is 513 g/mol. The summed E-state index contributed by atoms with van der Waals surface area (Å²) in [7, 11) is 0. The predicted octanol–water partition coefficient (Wildman–Crippen LogP) is 4.11. The summed E-state index contributed by atoms with van der Waals surface area (Å²) < 4.78 is 12.2. The molecule has 0 unspecified atom stereocenters. The van der Waals surface area contributed by atoms with E-state index in [-0.39, 0.29) is 49.1 Å². The van der Waals surface area contributed by atoms with Crippen molar-refractivity contribution < 1.29 is 24.2 Å². The number of hydrogen-bond donors (Lipinski definition) is 4. The molecule has 3 amide bonds. The minimum absolute atomic E-state index is 0.0420. The summed E-state index contributed by atoms with van der Waals surface area (Å²) in [6.07, 6.45) is 3.89. The van der Waals surface area contributed by atoms with E-state index in [1.54, 1.807) is 12.1 Å². The average Bonchev–Trinajstić information content (AvgIpc) is 3.51. The first-order chi connectivity index (χ1) is 17.5. The number of anilines is 1. The van der Waals surface area contributed by atoms with E-state index in [0.717, 1.165) is 42.6 Å². The summed E-state index contributed by atoms with van der Waals surface area (Å²) >= 11 is 5.92. The van der Waals surface area contributed by atoms with Crippen LogP contribution in [-0.4, -0.2) is 48.0 Å². The minimum atomic E-state index is -0.535. The Kier molecular flexibility index (Phi) is 7.65. The van der Waals surface area contributed by atoms with Gasteiger partial charge in [-0.3, -0.25) is 4.79 Å². The molecule has 2 heterocycles. The normalized spacial score (nSPS) is 24.9. The maximum Gasteiger partial charge on any atom is 0.319 e. The van der Waals surface area contributed by atoms with E-state index in [1.807, 2.05) is 30.3 Å². The van der Waals surface area contributed by atoms with Gasteiger partial charge in [-0.05, 0) is 55.2 Å². The zero-order chi connectivity index (χ0) is 25.1. The molecule has 3 aliphatic rings. The maximum atomic E-state index is 12.6. The first-order valence-corrected chi connectivity index (χ1v) is 13.0. The van der Waals surface area contributed by atoms with Crippen LogP contribution in [0.15, 0.2) is 42.5 Å². The third-order valence-electron chi connectivity index (χ3n) is 7.26. The van der Waals surface area contributed by atoms with E-state index in [0.29, 0.717) is 23.7 Å². The van der Waals surface area contributed by atoms with Crippen LogP contribution in [0.4, 0.5) is 10.5 Å². The Bertz CT molecular complexity index is 1090. The van der Waals surface area contributed by atoms with Gasteiger partial charge >= 0.3 is 6.03 Å². The second-order valence-electron chi connectivity index (χ2n) is 9.84. The van der Waals surface area contributed by atoms with Gasteiger partial charge in [0.05, 0.1) is 19.1 Å². The Morgan fingerprint density at radius 2 is 1.86 bits per heavy atom. The Hall–Kier alpha value is -2.81. The summed E-state index contributed by atoms with van der Waals surface area (Å²) in [6, 6.07) is 13.0. The zero-order valence-corrected chi connectivity index (χ0v) is 20.8. The number of aliphatic hydroxyl groups excluding tert-OH is 1. The summed E-state index contributed by atoms with van der Waals surface area (Å²) in [5.41, 5.74) is 2.62. The van der Waals surface area contributed by atoms with Gasteiger partial charge < -0.3 is 30.5 Å². The van der Waals surface area contributed by atoms with Crippen molar-refractivity contribution in [3.63, 3.8) is 0 Å². The van der Waals surface area contributed by atoms with Crippen molar-refractivity contribution in [2.24, 2.45) is 0 Å². The molecule has 9 heteroatoms. The van der Waals surface area contributed by atoms with Crippen molar-refractivity contribution in [2.45, 2.75) is 75.3 Å². The molecule has 0 aromatic heterocycles. The number of aliphatic hydroxyl groups is 1. The molecule has 192 valence electrons. The van der Waals surface area contributed by atoms with Crippen LogP contribution in [0.25, 0.3) is 0 Å². The number of fused-ring (bicyclic) bond motifs is 3. The van der Waals surface area contributed by atoms with Crippen LogP contribution < -0.4 is 20.7 Å². The van der Waals surface area contributed by atoms with Gasteiger partial charge in [0.1, 0.15) is 18.0 Å². The van der Waals surface area contributed by atoms with Crippen LogP contribution in [0, 0.1) is 0 Å². The van der Waals surface area contributed by atoms with Crippen LogP contribution in [0.5, 0.6) is 5.75 Å². The van der Waals surface area contributed by atoms with E-state index in [9.17, 15) is 14.7 Å². The van der Waals surface area contributed by atoms with E-state index in [4.69, 9.17) is 21.1 Å². The van der Waals surface area contributed by atoms with Gasteiger partial charge in [-0.2, -0.15) is 0 Å². The molecule has 0 spiro atoms. The fourth-order valence-electron chi connectivity index (χ4n) is 5.47. The van der Waals surface area contributed by atoms with Crippen LogP contribution >= 0.6 is 11.6 Å². The van der Waals surface area contributed by atoms with Crippen molar-refractivity contribution in [2.75, 3.05) is 11.9 Å². The smallest absolute Gasteiger partial charge is 0.319 e. The number of benzene rings is 2. The number of hydrogen-bond acceptors (Lipinski definition) is 5. The highest BCUT2D eigenvalue weighted by atomic mass is 35.5. The summed E-state index contributed by atoms with van der Waals surface area (Å²) in [5.74, 6) is 0.560. The molecular weight excluding hydrogens is 482 g/mol. The molecule has 2 aromatic rings. The standard InChI is InChI=1S/C27H32ClN3O5/c28-17-7-5-16(6-8-17)14-29-25(33)13-20-12-22-21-11-19(31-27(34)30-18-3-1-2-4-18)9-10-23(21)36-26(22)24(15-32)35-20/h5-11,18,20,22,24,26,32H,1-4,12-15H2,(H,29,33)(H2,30,31,34)/t20-,22-,24+,26+/m1/s1. The number of carbonyl (C=O) groups is 2. The highest BCUT2D eigenvalue weighted by molar-refractivity contribution is 6.30. The number of rotatable bonds is 7.